The van der Waals surface area contributed by atoms with Crippen molar-refractivity contribution in [2.24, 2.45) is 0 Å². The molecule has 2 aliphatic rings. The molecule has 2 heterocycles. The van der Waals surface area contributed by atoms with Crippen LogP contribution in [0.2, 0.25) is 0 Å². The number of nitrogens with zero attached hydrogens (tertiary/aromatic N) is 3. The molecule has 41 heavy (non-hydrogen) atoms. The smallest absolute Gasteiger partial charge is 0.222 e. The lowest BCUT2D eigenvalue weighted by Gasteiger charge is -2.54. The van der Waals surface area contributed by atoms with Gasteiger partial charge in [-0.1, -0.05) is 85.5 Å². The Balaban J connectivity index is 2.21. The quantitative estimate of drug-likeness (QED) is 0.0910. The zero-order valence-electron chi connectivity index (χ0n) is 27.7. The van der Waals surface area contributed by atoms with Crippen molar-refractivity contribution < 1.29 is 14.1 Å². The summed E-state index contributed by atoms with van der Waals surface area (Å²) in [6.45, 7) is 16.1. The normalized spacial score (nSPS) is 16.7. The number of hydrogen-bond donors (Lipinski definition) is 1. The topological polar surface area (TPSA) is 52.7 Å². The number of hydrogen-bond acceptors (Lipinski definition) is 3. The number of amides is 2. The minimum absolute atomic E-state index is 0.254. The van der Waals surface area contributed by atoms with Crippen LogP contribution in [0.25, 0.3) is 0 Å². The monoisotopic (exact) mass is 576 g/mol. The predicted molar refractivity (Wildman–Crippen MR) is 174 cm³/mol. The number of carbonyl (C=O) groups is 2. The Morgan fingerprint density at radius 1 is 0.707 bits per heavy atom. The molecule has 238 valence electrons. The summed E-state index contributed by atoms with van der Waals surface area (Å²) in [5.41, 5.74) is -0.254. The van der Waals surface area contributed by atoms with Crippen molar-refractivity contribution in [3.63, 3.8) is 0 Å². The van der Waals surface area contributed by atoms with Gasteiger partial charge in [0.05, 0.1) is 38.9 Å². The Morgan fingerprint density at radius 3 is 1.66 bits per heavy atom. The first kappa shape index (κ1) is 35.8. The van der Waals surface area contributed by atoms with Crippen molar-refractivity contribution in [1.29, 1.82) is 0 Å². The van der Waals surface area contributed by atoms with Crippen molar-refractivity contribution in [2.45, 2.75) is 149 Å². The fourth-order valence-corrected chi connectivity index (χ4v) is 7.27. The Bertz CT molecular complexity index is 718. The number of nitrogens with one attached hydrogen (secondary N) is 1. The van der Waals surface area contributed by atoms with Gasteiger partial charge in [0.15, 0.2) is 5.54 Å². The summed E-state index contributed by atoms with van der Waals surface area (Å²) < 4.78 is 0.863. The molecular weight excluding hydrogens is 508 g/mol. The first-order valence-corrected chi connectivity index (χ1v) is 17.8. The Hall–Kier alpha value is -1.40. The average molecular weight is 576 g/mol. The summed E-state index contributed by atoms with van der Waals surface area (Å²) in [5.74, 6) is 0.580. The van der Waals surface area contributed by atoms with Gasteiger partial charge in [0.25, 0.3) is 0 Å². The van der Waals surface area contributed by atoms with Crippen LogP contribution in [0.5, 0.6) is 0 Å². The molecule has 0 radical (unpaired) electrons. The van der Waals surface area contributed by atoms with Crippen molar-refractivity contribution in [3.8, 4) is 0 Å². The third kappa shape index (κ3) is 11.7. The fraction of sp³-hybridized carbons (Fsp3) is 0.886. The van der Waals surface area contributed by atoms with Gasteiger partial charge in [-0.05, 0) is 57.6 Å². The van der Waals surface area contributed by atoms with Crippen LogP contribution in [-0.4, -0.2) is 84.0 Å². The molecule has 0 bridgehead atoms. The summed E-state index contributed by atoms with van der Waals surface area (Å²) in [4.78, 5) is 30.3. The first-order valence-electron chi connectivity index (χ1n) is 17.8. The van der Waals surface area contributed by atoms with Gasteiger partial charge in [0.2, 0.25) is 11.8 Å². The van der Waals surface area contributed by atoms with E-state index in [0.29, 0.717) is 12.8 Å². The molecule has 1 N–H and O–H groups in total. The van der Waals surface area contributed by atoms with Crippen LogP contribution < -0.4 is 5.32 Å². The van der Waals surface area contributed by atoms with Gasteiger partial charge in [-0.25, -0.2) is 0 Å². The molecule has 2 rings (SSSR count). The number of unbranched alkanes of at least 4 members (excludes halogenated alkanes) is 10. The largest absolute Gasteiger partial charge is 0.336 e. The summed E-state index contributed by atoms with van der Waals surface area (Å²) in [5, 5.41) is 3.80. The molecule has 0 atom stereocenters. The van der Waals surface area contributed by atoms with Gasteiger partial charge in [-0.3, -0.25) is 14.1 Å². The van der Waals surface area contributed by atoms with E-state index in [0.717, 1.165) is 95.4 Å². The van der Waals surface area contributed by atoms with E-state index in [9.17, 15) is 9.59 Å². The lowest BCUT2D eigenvalue weighted by atomic mass is 9.89. The van der Waals surface area contributed by atoms with Crippen LogP contribution >= 0.6 is 0 Å². The van der Waals surface area contributed by atoms with Crippen molar-refractivity contribution in [1.82, 2.24) is 15.1 Å². The van der Waals surface area contributed by atoms with Gasteiger partial charge in [-0.2, -0.15) is 0 Å². The number of allylic oxidation sites excluding steroid dienone is 1. The minimum Gasteiger partial charge on any atom is -0.336 e. The maximum Gasteiger partial charge on any atom is 0.222 e. The van der Waals surface area contributed by atoms with E-state index in [1.165, 1.54) is 64.2 Å². The van der Waals surface area contributed by atoms with E-state index in [1.807, 2.05) is 0 Å². The van der Waals surface area contributed by atoms with E-state index < -0.39 is 0 Å². The zero-order chi connectivity index (χ0) is 29.8. The second-order valence-electron chi connectivity index (χ2n) is 13.1. The predicted octanol–water partition coefficient (Wildman–Crippen LogP) is 7.43. The van der Waals surface area contributed by atoms with Crippen LogP contribution in [0.15, 0.2) is 12.3 Å². The number of rotatable bonds is 25. The van der Waals surface area contributed by atoms with Crippen LogP contribution in [0.3, 0.4) is 0 Å². The van der Waals surface area contributed by atoms with E-state index in [-0.39, 0.29) is 17.4 Å². The van der Waals surface area contributed by atoms with Gasteiger partial charge in [-0.15, -0.1) is 0 Å². The zero-order valence-corrected chi connectivity index (χ0v) is 27.7. The van der Waals surface area contributed by atoms with Crippen LogP contribution in [-0.2, 0) is 9.59 Å². The second-order valence-corrected chi connectivity index (χ2v) is 13.1. The Kier molecular flexibility index (Phi) is 17.9. The van der Waals surface area contributed by atoms with Gasteiger partial charge in [0.1, 0.15) is 0 Å². The molecule has 0 aromatic rings. The summed E-state index contributed by atoms with van der Waals surface area (Å²) in [7, 11) is 0. The third-order valence-corrected chi connectivity index (χ3v) is 9.50. The molecule has 0 aliphatic carbocycles. The first-order chi connectivity index (χ1) is 20.0. The van der Waals surface area contributed by atoms with Crippen LogP contribution in [0, 0.1) is 0 Å². The van der Waals surface area contributed by atoms with Gasteiger partial charge in [0, 0.05) is 25.9 Å². The van der Waals surface area contributed by atoms with Crippen molar-refractivity contribution in [2.75, 3.05) is 52.4 Å². The lowest BCUT2D eigenvalue weighted by Crippen LogP contribution is -2.73. The number of quaternary nitrogens is 1. The molecule has 2 amide bonds. The Labute approximate surface area is 254 Å². The van der Waals surface area contributed by atoms with Gasteiger partial charge >= 0.3 is 0 Å². The Morgan fingerprint density at radius 2 is 1.22 bits per heavy atom. The molecule has 0 spiro atoms. The lowest BCUT2D eigenvalue weighted by molar-refractivity contribution is -0.929. The second kappa shape index (κ2) is 20.5. The highest BCUT2D eigenvalue weighted by Gasteiger charge is 2.52. The standard InChI is InChI=1S/C35H67N4O2/c1-5-9-10-11-12-13-14-15-16-17-18-19-29-39(27-7-3,28-8-4)35(30-36-24-6-2,31-37-25-20-22-33(37)40)32-38-26-21-23-34(38)41/h19,29,36H,5-18,20-28,30-32H2,1-4H3/q+1. The molecule has 6 nitrogen and oxygen atoms in total. The van der Waals surface area contributed by atoms with Gasteiger partial charge < -0.3 is 15.1 Å². The molecule has 0 aromatic carbocycles. The molecule has 2 saturated heterocycles. The number of carbonyl (C=O) groups excluding carboxylic acids is 2. The molecule has 0 saturated carbocycles. The highest BCUT2D eigenvalue weighted by atomic mass is 16.2. The average Bonchev–Trinajstić information content (AvgIpc) is 3.56. The SMILES string of the molecule is CCCCCCCCCCCCC=C[N+](CCC)(CCC)C(CNCCC)(CN1CCCC1=O)CN1CCCC1=O. The summed E-state index contributed by atoms with van der Waals surface area (Å²) in [6, 6.07) is 0. The maximum absolute atomic E-state index is 13.0. The number of likely N-dealkylation sites (tertiary alicyclic amines) is 2. The molecule has 0 aromatic heterocycles. The summed E-state index contributed by atoms with van der Waals surface area (Å²) in [6.07, 6.45) is 26.2. The fourth-order valence-electron chi connectivity index (χ4n) is 7.27. The summed E-state index contributed by atoms with van der Waals surface area (Å²) >= 11 is 0. The maximum atomic E-state index is 13.0. The van der Waals surface area contributed by atoms with Crippen molar-refractivity contribution >= 4 is 11.8 Å². The van der Waals surface area contributed by atoms with Crippen LogP contribution in [0.1, 0.15) is 143 Å². The van der Waals surface area contributed by atoms with Crippen LogP contribution in [0.4, 0.5) is 0 Å². The van der Waals surface area contributed by atoms with E-state index in [2.05, 4.69) is 55.1 Å². The molecule has 6 heteroatoms. The van der Waals surface area contributed by atoms with E-state index in [4.69, 9.17) is 0 Å². The highest BCUT2D eigenvalue weighted by molar-refractivity contribution is 5.79. The molecular formula is C35H67N4O2+. The molecule has 2 fully saturated rings. The molecule has 2 aliphatic heterocycles. The highest BCUT2D eigenvalue weighted by Crippen LogP contribution is 2.33. The minimum atomic E-state index is -0.254. The van der Waals surface area contributed by atoms with E-state index in [1.54, 1.807) is 0 Å². The van der Waals surface area contributed by atoms with Crippen molar-refractivity contribution in [3.05, 3.63) is 12.3 Å². The van der Waals surface area contributed by atoms with E-state index >= 15 is 0 Å². The third-order valence-electron chi connectivity index (χ3n) is 9.50. The molecule has 0 unspecified atom stereocenters.